The summed E-state index contributed by atoms with van der Waals surface area (Å²) >= 11 is 0. The van der Waals surface area contributed by atoms with Gasteiger partial charge in [-0.25, -0.2) is 9.59 Å². The number of likely N-dealkylation sites (tertiary alicyclic amines) is 1. The maximum atomic E-state index is 9.10. The Balaban J connectivity index is 0.000000509. The molecule has 0 bridgehead atoms. The number of benzene rings is 2. The van der Waals surface area contributed by atoms with Gasteiger partial charge in [0.2, 0.25) is 0 Å². The van der Waals surface area contributed by atoms with Gasteiger partial charge in [0.15, 0.2) is 0 Å². The summed E-state index contributed by atoms with van der Waals surface area (Å²) < 4.78 is 5.55. The minimum Gasteiger partial charge on any atom is -0.495 e. The number of nitrogens with zero attached hydrogens (tertiary/aromatic N) is 3. The Kier molecular flexibility index (Phi) is 10.4. The monoisotopic (exact) mass is 483 g/mol. The number of methoxy groups -OCH3 is 1. The quantitative estimate of drug-likeness (QED) is 0.581. The van der Waals surface area contributed by atoms with Crippen LogP contribution in [0.4, 0.5) is 5.69 Å². The molecule has 0 amide bonds. The Labute approximate surface area is 207 Å². The number of aliphatic carboxylic acids is 2. The molecular weight excluding hydrogens is 446 g/mol. The lowest BCUT2D eigenvalue weighted by molar-refractivity contribution is -0.159. The number of anilines is 1. The van der Waals surface area contributed by atoms with Crippen molar-refractivity contribution in [2.75, 3.05) is 57.8 Å². The second-order valence-electron chi connectivity index (χ2n) is 8.97. The lowest BCUT2D eigenvalue weighted by Gasteiger charge is -2.43. The van der Waals surface area contributed by atoms with E-state index in [0.717, 1.165) is 38.0 Å². The number of carboxylic acids is 2. The van der Waals surface area contributed by atoms with E-state index in [2.05, 4.69) is 63.2 Å². The molecule has 2 aromatic rings. The number of carboxylic acid groups (broad SMARTS) is 2. The molecule has 8 nitrogen and oxygen atoms in total. The van der Waals surface area contributed by atoms with Crippen molar-refractivity contribution < 1.29 is 24.5 Å². The maximum Gasteiger partial charge on any atom is 0.414 e. The molecule has 2 heterocycles. The SMILES string of the molecule is COc1ccccc1N1CCN(C2CCN(CCCc3ccccc3)CC2)CC1.O=C(O)C(=O)O. The Bertz CT molecular complexity index is 911. The van der Waals surface area contributed by atoms with E-state index < -0.39 is 11.9 Å². The van der Waals surface area contributed by atoms with E-state index in [4.69, 9.17) is 24.5 Å². The molecule has 0 atom stereocenters. The molecule has 0 aromatic heterocycles. The lowest BCUT2D eigenvalue weighted by atomic mass is 10.0. The standard InChI is InChI=1S/C25H35N3O.C2H2O4/c1-29-25-12-6-5-11-24(25)28-20-18-27(19-21-28)23-13-16-26(17-14-23)15-7-10-22-8-3-2-4-9-22;3-1(4)2(5)6/h2-6,8-9,11-12,23H,7,10,13-21H2,1H3;(H,3,4)(H,5,6). The third-order valence-electron chi connectivity index (χ3n) is 6.78. The fraction of sp³-hybridized carbons (Fsp3) is 0.481. The first kappa shape index (κ1) is 26.5. The highest BCUT2D eigenvalue weighted by Gasteiger charge is 2.28. The van der Waals surface area contributed by atoms with Crippen LogP contribution in [-0.4, -0.2) is 90.9 Å². The zero-order valence-electron chi connectivity index (χ0n) is 20.5. The van der Waals surface area contributed by atoms with E-state index in [1.165, 1.54) is 56.6 Å². The molecule has 8 heteroatoms. The van der Waals surface area contributed by atoms with Gasteiger partial charge in [-0.05, 0) is 63.0 Å². The molecule has 2 saturated heterocycles. The molecule has 2 aliphatic heterocycles. The fourth-order valence-electron chi connectivity index (χ4n) is 4.88. The fourth-order valence-corrected chi connectivity index (χ4v) is 4.88. The largest absolute Gasteiger partial charge is 0.495 e. The number of hydrogen-bond acceptors (Lipinski definition) is 6. The van der Waals surface area contributed by atoms with Crippen LogP contribution in [0.5, 0.6) is 5.75 Å². The van der Waals surface area contributed by atoms with Gasteiger partial charge < -0.3 is 24.7 Å². The Morgan fingerprint density at radius 3 is 2.06 bits per heavy atom. The zero-order chi connectivity index (χ0) is 25.0. The van der Waals surface area contributed by atoms with E-state index in [1.807, 2.05) is 6.07 Å². The van der Waals surface area contributed by atoms with Gasteiger partial charge in [0.25, 0.3) is 0 Å². The van der Waals surface area contributed by atoms with Gasteiger partial charge >= 0.3 is 11.9 Å². The maximum absolute atomic E-state index is 9.10. The number of carbonyl (C=O) groups is 2. The van der Waals surface area contributed by atoms with Gasteiger partial charge in [0, 0.05) is 32.2 Å². The molecule has 0 aliphatic carbocycles. The Morgan fingerprint density at radius 1 is 0.857 bits per heavy atom. The van der Waals surface area contributed by atoms with Crippen molar-refractivity contribution in [3.8, 4) is 5.75 Å². The van der Waals surface area contributed by atoms with Crippen molar-refractivity contribution in [1.29, 1.82) is 0 Å². The summed E-state index contributed by atoms with van der Waals surface area (Å²) in [6, 6.07) is 20.1. The highest BCUT2D eigenvalue weighted by molar-refractivity contribution is 6.27. The average Bonchev–Trinajstić information content (AvgIpc) is 2.90. The summed E-state index contributed by atoms with van der Waals surface area (Å²) in [5.74, 6) is -2.66. The summed E-state index contributed by atoms with van der Waals surface area (Å²) in [6.07, 6.45) is 5.11. The van der Waals surface area contributed by atoms with Gasteiger partial charge in [-0.1, -0.05) is 42.5 Å². The number of piperazine rings is 1. The zero-order valence-corrected chi connectivity index (χ0v) is 20.5. The van der Waals surface area contributed by atoms with Crippen LogP contribution in [0.1, 0.15) is 24.8 Å². The molecule has 35 heavy (non-hydrogen) atoms. The van der Waals surface area contributed by atoms with Gasteiger partial charge in [-0.2, -0.15) is 0 Å². The molecule has 190 valence electrons. The highest BCUT2D eigenvalue weighted by atomic mass is 16.5. The first-order valence-corrected chi connectivity index (χ1v) is 12.3. The van der Waals surface area contributed by atoms with Crippen LogP contribution in [-0.2, 0) is 16.0 Å². The van der Waals surface area contributed by atoms with Crippen LogP contribution in [0.2, 0.25) is 0 Å². The van der Waals surface area contributed by atoms with Crippen molar-refractivity contribution in [2.45, 2.75) is 31.7 Å². The number of aryl methyl sites for hydroxylation is 1. The topological polar surface area (TPSA) is 93.5 Å². The molecular formula is C27H37N3O5. The van der Waals surface area contributed by atoms with Gasteiger partial charge in [-0.15, -0.1) is 0 Å². The van der Waals surface area contributed by atoms with Gasteiger partial charge in [-0.3, -0.25) is 4.90 Å². The molecule has 0 radical (unpaired) electrons. The first-order valence-electron chi connectivity index (χ1n) is 12.3. The molecule has 4 rings (SSSR count). The van der Waals surface area contributed by atoms with Crippen molar-refractivity contribution in [1.82, 2.24) is 9.80 Å². The second-order valence-corrected chi connectivity index (χ2v) is 8.97. The third-order valence-corrected chi connectivity index (χ3v) is 6.78. The van der Waals surface area contributed by atoms with Crippen LogP contribution in [0.15, 0.2) is 54.6 Å². The predicted octanol–water partition coefficient (Wildman–Crippen LogP) is 3.07. The van der Waals surface area contributed by atoms with Gasteiger partial charge in [0.1, 0.15) is 5.75 Å². The second kappa shape index (κ2) is 13.7. The van der Waals surface area contributed by atoms with E-state index in [0.29, 0.717) is 0 Å². The van der Waals surface area contributed by atoms with Crippen LogP contribution < -0.4 is 9.64 Å². The number of rotatable bonds is 7. The lowest BCUT2D eigenvalue weighted by Crippen LogP contribution is -2.53. The molecule has 2 fully saturated rings. The third kappa shape index (κ3) is 8.26. The predicted molar refractivity (Wildman–Crippen MR) is 136 cm³/mol. The first-order chi connectivity index (χ1) is 17.0. The molecule has 2 N–H and O–H groups in total. The molecule has 0 spiro atoms. The van der Waals surface area contributed by atoms with Crippen molar-refractivity contribution in [3.63, 3.8) is 0 Å². The van der Waals surface area contributed by atoms with E-state index in [9.17, 15) is 0 Å². The van der Waals surface area contributed by atoms with E-state index >= 15 is 0 Å². The molecule has 0 unspecified atom stereocenters. The Hall–Kier alpha value is -3.10. The summed E-state index contributed by atoms with van der Waals surface area (Å²) in [6.45, 7) is 8.27. The summed E-state index contributed by atoms with van der Waals surface area (Å²) in [7, 11) is 1.77. The highest BCUT2D eigenvalue weighted by Crippen LogP contribution is 2.29. The normalized spacial score (nSPS) is 17.3. The number of ether oxygens (including phenoxy) is 1. The molecule has 2 aliphatic rings. The number of piperidine rings is 1. The number of hydrogen-bond donors (Lipinski definition) is 2. The van der Waals surface area contributed by atoms with Gasteiger partial charge in [0.05, 0.1) is 12.8 Å². The van der Waals surface area contributed by atoms with E-state index in [-0.39, 0.29) is 0 Å². The van der Waals surface area contributed by atoms with Crippen LogP contribution in [0.3, 0.4) is 0 Å². The minimum absolute atomic E-state index is 0.764. The minimum atomic E-state index is -1.82. The smallest absolute Gasteiger partial charge is 0.414 e. The molecule has 2 aromatic carbocycles. The van der Waals surface area contributed by atoms with Crippen molar-refractivity contribution in [3.05, 3.63) is 60.2 Å². The van der Waals surface area contributed by atoms with Crippen molar-refractivity contribution in [2.24, 2.45) is 0 Å². The van der Waals surface area contributed by atoms with Crippen LogP contribution in [0, 0.1) is 0 Å². The summed E-state index contributed by atoms with van der Waals surface area (Å²) in [4.78, 5) is 26.1. The van der Waals surface area contributed by atoms with Crippen LogP contribution >= 0.6 is 0 Å². The Morgan fingerprint density at radius 2 is 1.46 bits per heavy atom. The number of para-hydroxylation sites is 2. The average molecular weight is 484 g/mol. The van der Waals surface area contributed by atoms with Crippen molar-refractivity contribution >= 4 is 17.6 Å². The summed E-state index contributed by atoms with van der Waals surface area (Å²) in [5, 5.41) is 14.8. The van der Waals surface area contributed by atoms with Crippen LogP contribution in [0.25, 0.3) is 0 Å². The van der Waals surface area contributed by atoms with E-state index in [1.54, 1.807) is 7.11 Å². The molecule has 0 saturated carbocycles. The summed E-state index contributed by atoms with van der Waals surface area (Å²) in [5.41, 5.74) is 2.71.